The zero-order valence-corrected chi connectivity index (χ0v) is 7.73. The third kappa shape index (κ3) is 3.78. The van der Waals surface area contributed by atoms with E-state index in [-0.39, 0.29) is 6.42 Å². The summed E-state index contributed by atoms with van der Waals surface area (Å²) in [7, 11) is 1.51. The molecular weight excluding hydrogens is 195 g/mol. The summed E-state index contributed by atoms with van der Waals surface area (Å²) in [6, 6.07) is -0.624. The zero-order chi connectivity index (χ0) is 10.6. The van der Waals surface area contributed by atoms with Gasteiger partial charge in [0.05, 0.1) is 6.42 Å². The first-order chi connectivity index (χ1) is 6.51. The van der Waals surface area contributed by atoms with Gasteiger partial charge < -0.3 is 10.3 Å². The van der Waals surface area contributed by atoms with E-state index in [1.807, 2.05) is 0 Å². The van der Waals surface area contributed by atoms with Gasteiger partial charge in [-0.15, -0.1) is 0 Å². The van der Waals surface area contributed by atoms with Crippen LogP contribution >= 0.6 is 0 Å². The molecule has 0 saturated carbocycles. The Morgan fingerprint density at radius 1 is 1.57 bits per heavy atom. The first kappa shape index (κ1) is 11.0. The Balaban J connectivity index is 2.47. The fraction of sp³-hybridized carbons (Fsp3) is 0.625. The van der Waals surface area contributed by atoms with Crippen molar-refractivity contribution in [2.24, 2.45) is 0 Å². The lowest BCUT2D eigenvalue weighted by Crippen LogP contribution is -2.33. The van der Waals surface area contributed by atoms with Crippen molar-refractivity contribution in [1.29, 1.82) is 0 Å². The van der Waals surface area contributed by atoms with Crippen molar-refractivity contribution in [2.45, 2.75) is 25.1 Å². The fourth-order valence-electron chi connectivity index (χ4n) is 1.20. The van der Waals surface area contributed by atoms with Gasteiger partial charge in [-0.2, -0.15) is 13.2 Å². The largest absolute Gasteiger partial charge is 0.390 e. The number of aromatic amines is 1. The lowest BCUT2D eigenvalue weighted by Gasteiger charge is -2.16. The molecule has 2 N–H and O–H groups in total. The average molecular weight is 207 g/mol. The van der Waals surface area contributed by atoms with Crippen molar-refractivity contribution in [3.63, 3.8) is 0 Å². The van der Waals surface area contributed by atoms with E-state index in [1.54, 1.807) is 6.20 Å². The van der Waals surface area contributed by atoms with Gasteiger partial charge in [0.15, 0.2) is 0 Å². The topological polar surface area (TPSA) is 40.7 Å². The van der Waals surface area contributed by atoms with Crippen LogP contribution in [0.15, 0.2) is 12.4 Å². The summed E-state index contributed by atoms with van der Waals surface area (Å²) >= 11 is 0. The van der Waals surface area contributed by atoms with E-state index in [9.17, 15) is 13.2 Å². The maximum Gasteiger partial charge on any atom is 0.390 e. The van der Waals surface area contributed by atoms with Crippen LogP contribution in [0.5, 0.6) is 0 Å². The Bertz CT molecular complexity index is 255. The van der Waals surface area contributed by atoms with Crippen LogP contribution in [0.25, 0.3) is 0 Å². The number of likely N-dealkylation sites (N-methyl/N-ethyl adjacent to an activating group) is 1. The van der Waals surface area contributed by atoms with Gasteiger partial charge in [-0.25, -0.2) is 4.98 Å². The summed E-state index contributed by atoms with van der Waals surface area (Å²) in [6.07, 6.45) is -1.61. The number of imidazole rings is 1. The highest BCUT2D eigenvalue weighted by atomic mass is 19.4. The van der Waals surface area contributed by atoms with E-state index in [4.69, 9.17) is 0 Å². The molecule has 0 aliphatic carbocycles. The molecule has 1 rings (SSSR count). The first-order valence-electron chi connectivity index (χ1n) is 4.23. The minimum atomic E-state index is -4.14. The van der Waals surface area contributed by atoms with Gasteiger partial charge in [-0.1, -0.05) is 0 Å². The van der Waals surface area contributed by atoms with Crippen LogP contribution in [0.1, 0.15) is 12.2 Å². The van der Waals surface area contributed by atoms with Gasteiger partial charge in [-0.3, -0.25) is 0 Å². The van der Waals surface area contributed by atoms with E-state index in [1.165, 1.54) is 13.2 Å². The SMILES string of the molecule is CNC(Cc1ncc[nH]1)CC(F)(F)F. The molecular formula is C8H12F3N3. The Kier molecular flexibility index (Phi) is 3.51. The maximum absolute atomic E-state index is 12.1. The number of rotatable bonds is 4. The molecule has 0 aliphatic heterocycles. The summed E-state index contributed by atoms with van der Waals surface area (Å²) in [6.45, 7) is 0. The van der Waals surface area contributed by atoms with Crippen LogP contribution in [-0.4, -0.2) is 29.2 Å². The molecule has 14 heavy (non-hydrogen) atoms. The van der Waals surface area contributed by atoms with Crippen LogP contribution in [0, 0.1) is 0 Å². The highest BCUT2D eigenvalue weighted by Gasteiger charge is 2.31. The molecule has 6 heteroatoms. The number of aromatic nitrogens is 2. The Hall–Kier alpha value is -1.04. The monoisotopic (exact) mass is 207 g/mol. The average Bonchev–Trinajstić information content (AvgIpc) is 2.53. The molecule has 1 aromatic rings. The first-order valence-corrected chi connectivity index (χ1v) is 4.23. The Labute approximate surface area is 79.7 Å². The minimum absolute atomic E-state index is 0.253. The second kappa shape index (κ2) is 4.45. The standard InChI is InChI=1S/C8H12F3N3/c1-12-6(5-8(9,10)11)4-7-13-2-3-14-7/h2-3,6,12H,4-5H2,1H3,(H,13,14). The van der Waals surface area contributed by atoms with Gasteiger partial charge in [0.2, 0.25) is 0 Å². The highest BCUT2D eigenvalue weighted by Crippen LogP contribution is 2.22. The minimum Gasteiger partial charge on any atom is -0.349 e. The summed E-state index contributed by atoms with van der Waals surface area (Å²) in [5.74, 6) is 0.564. The highest BCUT2D eigenvalue weighted by molar-refractivity contribution is 4.91. The van der Waals surface area contributed by atoms with Crippen molar-refractivity contribution >= 4 is 0 Å². The molecule has 1 aromatic heterocycles. The van der Waals surface area contributed by atoms with Crippen molar-refractivity contribution in [2.75, 3.05) is 7.05 Å². The van der Waals surface area contributed by atoms with Crippen molar-refractivity contribution in [3.8, 4) is 0 Å². The number of nitrogens with zero attached hydrogens (tertiary/aromatic N) is 1. The van der Waals surface area contributed by atoms with Crippen LogP contribution in [0.3, 0.4) is 0 Å². The number of halogens is 3. The maximum atomic E-state index is 12.1. The van der Waals surface area contributed by atoms with E-state index < -0.39 is 18.6 Å². The molecule has 3 nitrogen and oxygen atoms in total. The van der Waals surface area contributed by atoms with Crippen LogP contribution in [0.2, 0.25) is 0 Å². The van der Waals surface area contributed by atoms with Gasteiger partial charge in [-0.05, 0) is 7.05 Å². The summed E-state index contributed by atoms with van der Waals surface area (Å²) in [4.78, 5) is 6.64. The summed E-state index contributed by atoms with van der Waals surface area (Å²) < 4.78 is 36.2. The second-order valence-electron chi connectivity index (χ2n) is 3.04. The zero-order valence-electron chi connectivity index (χ0n) is 7.73. The van der Waals surface area contributed by atoms with Gasteiger partial charge in [0.1, 0.15) is 5.82 Å². The third-order valence-electron chi connectivity index (χ3n) is 1.88. The smallest absolute Gasteiger partial charge is 0.349 e. The summed E-state index contributed by atoms with van der Waals surface area (Å²) in [5.41, 5.74) is 0. The van der Waals surface area contributed by atoms with Crippen LogP contribution < -0.4 is 5.32 Å². The molecule has 0 fully saturated rings. The number of H-pyrrole nitrogens is 1. The van der Waals surface area contributed by atoms with Gasteiger partial charge in [0, 0.05) is 24.9 Å². The Morgan fingerprint density at radius 2 is 2.29 bits per heavy atom. The molecule has 0 aliphatic rings. The number of alkyl halides is 3. The molecule has 1 heterocycles. The lowest BCUT2D eigenvalue weighted by atomic mass is 10.1. The summed E-state index contributed by atoms with van der Waals surface area (Å²) in [5, 5.41) is 2.62. The molecule has 0 aromatic carbocycles. The fourth-order valence-corrected chi connectivity index (χ4v) is 1.20. The predicted molar refractivity (Wildman–Crippen MR) is 45.8 cm³/mol. The molecule has 0 saturated heterocycles. The van der Waals surface area contributed by atoms with Crippen molar-refractivity contribution in [1.82, 2.24) is 15.3 Å². The Morgan fingerprint density at radius 3 is 2.71 bits per heavy atom. The van der Waals surface area contributed by atoms with Crippen LogP contribution in [0.4, 0.5) is 13.2 Å². The second-order valence-corrected chi connectivity index (χ2v) is 3.04. The molecule has 0 bridgehead atoms. The molecule has 1 unspecified atom stereocenters. The van der Waals surface area contributed by atoms with Crippen LogP contribution in [-0.2, 0) is 6.42 Å². The molecule has 0 amide bonds. The quantitative estimate of drug-likeness (QED) is 0.785. The number of hydrogen-bond donors (Lipinski definition) is 2. The predicted octanol–water partition coefficient (Wildman–Crippen LogP) is 1.49. The van der Waals surface area contributed by atoms with E-state index in [0.29, 0.717) is 5.82 Å². The van der Waals surface area contributed by atoms with Gasteiger partial charge >= 0.3 is 6.18 Å². The number of nitrogens with one attached hydrogen (secondary N) is 2. The van der Waals surface area contributed by atoms with E-state index in [0.717, 1.165) is 0 Å². The van der Waals surface area contributed by atoms with Crippen molar-refractivity contribution < 1.29 is 13.2 Å². The van der Waals surface area contributed by atoms with E-state index >= 15 is 0 Å². The third-order valence-corrected chi connectivity index (χ3v) is 1.88. The lowest BCUT2D eigenvalue weighted by molar-refractivity contribution is -0.139. The van der Waals surface area contributed by atoms with E-state index in [2.05, 4.69) is 15.3 Å². The number of hydrogen-bond acceptors (Lipinski definition) is 2. The molecule has 1 atom stereocenters. The molecule has 0 radical (unpaired) electrons. The molecule has 0 spiro atoms. The molecule has 80 valence electrons. The normalized spacial score (nSPS) is 14.3. The van der Waals surface area contributed by atoms with Crippen molar-refractivity contribution in [3.05, 3.63) is 18.2 Å². The van der Waals surface area contributed by atoms with Gasteiger partial charge in [0.25, 0.3) is 0 Å².